The zero-order chi connectivity index (χ0) is 13.1. The van der Waals surface area contributed by atoms with Crippen LogP contribution in [0.15, 0.2) is 18.2 Å². The maximum atomic E-state index is 9.09. The van der Waals surface area contributed by atoms with E-state index in [0.717, 1.165) is 0 Å². The molecule has 0 bridgehead atoms. The van der Waals surface area contributed by atoms with Gasteiger partial charge in [-0.3, -0.25) is 0 Å². The van der Waals surface area contributed by atoms with E-state index in [-0.39, 0.29) is 0 Å². The van der Waals surface area contributed by atoms with E-state index in [1.807, 2.05) is 6.07 Å². The molecule has 0 N–H and O–H groups in total. The average Bonchev–Trinajstić information content (AvgIpc) is 2.44. The first-order chi connectivity index (χ1) is 8.76. The summed E-state index contributed by atoms with van der Waals surface area (Å²) in [7, 11) is 4.54. The number of aromatic nitrogens is 1. The molecule has 1 heterocycles. The molecule has 0 spiro atoms. The Morgan fingerprint density at radius 3 is 2.33 bits per heavy atom. The third-order valence-electron chi connectivity index (χ3n) is 2.62. The van der Waals surface area contributed by atoms with Gasteiger partial charge in [-0.2, -0.15) is 5.26 Å². The van der Waals surface area contributed by atoms with Gasteiger partial charge in [0.1, 0.15) is 6.07 Å². The Kier molecular flexibility index (Phi) is 3.20. The van der Waals surface area contributed by atoms with Gasteiger partial charge in [0.05, 0.1) is 32.4 Å². The van der Waals surface area contributed by atoms with Crippen molar-refractivity contribution in [1.29, 1.82) is 5.26 Å². The molecule has 0 unspecified atom stereocenters. The number of nitrogens with zero attached hydrogens (tertiary/aromatic N) is 2. The van der Waals surface area contributed by atoms with Crippen molar-refractivity contribution in [2.24, 2.45) is 0 Å². The summed E-state index contributed by atoms with van der Waals surface area (Å²) in [6.07, 6.45) is 0. The van der Waals surface area contributed by atoms with Crippen LogP contribution in [0.5, 0.6) is 17.4 Å². The first-order valence-electron chi connectivity index (χ1n) is 5.25. The molecule has 0 aliphatic carbocycles. The van der Waals surface area contributed by atoms with E-state index in [0.29, 0.717) is 33.8 Å². The zero-order valence-corrected chi connectivity index (χ0v) is 10.4. The molecule has 5 heteroatoms. The molecule has 2 rings (SSSR count). The van der Waals surface area contributed by atoms with E-state index in [1.54, 1.807) is 12.1 Å². The van der Waals surface area contributed by atoms with E-state index in [2.05, 4.69) is 11.1 Å². The van der Waals surface area contributed by atoms with E-state index in [1.165, 1.54) is 21.3 Å². The van der Waals surface area contributed by atoms with Crippen LogP contribution >= 0.6 is 0 Å². The van der Waals surface area contributed by atoms with Crippen LogP contribution in [0.2, 0.25) is 0 Å². The highest BCUT2D eigenvalue weighted by Crippen LogP contribution is 2.41. The number of nitriles is 1. The lowest BCUT2D eigenvalue weighted by atomic mass is 10.1. The van der Waals surface area contributed by atoms with Gasteiger partial charge in [-0.1, -0.05) is 6.07 Å². The van der Waals surface area contributed by atoms with Gasteiger partial charge in [0, 0.05) is 5.39 Å². The minimum absolute atomic E-state index is 0.296. The molecule has 1 aromatic carbocycles. The van der Waals surface area contributed by atoms with Crippen molar-refractivity contribution >= 4 is 10.9 Å². The minimum Gasteiger partial charge on any atom is -0.492 e. The molecule has 0 amide bonds. The lowest BCUT2D eigenvalue weighted by Crippen LogP contribution is -1.99. The maximum Gasteiger partial charge on any atom is 0.261 e. The third-order valence-corrected chi connectivity index (χ3v) is 2.62. The summed E-state index contributed by atoms with van der Waals surface area (Å²) in [5, 5.41) is 9.80. The highest BCUT2D eigenvalue weighted by Gasteiger charge is 2.18. The molecule has 0 fully saturated rings. The Morgan fingerprint density at radius 2 is 1.78 bits per heavy atom. The summed E-state index contributed by atoms with van der Waals surface area (Å²) in [6.45, 7) is 0. The SMILES string of the molecule is COc1nc2c(C#N)cccc2c(OC)c1OC. The molecule has 0 radical (unpaired) electrons. The number of rotatable bonds is 3. The van der Waals surface area contributed by atoms with Crippen LogP contribution in [-0.4, -0.2) is 26.3 Å². The molecule has 0 saturated carbocycles. The first-order valence-corrected chi connectivity index (χ1v) is 5.25. The Bertz CT molecular complexity index is 632. The second-order valence-corrected chi connectivity index (χ2v) is 3.50. The Balaban J connectivity index is 2.92. The van der Waals surface area contributed by atoms with Crippen molar-refractivity contribution in [3.8, 4) is 23.4 Å². The Morgan fingerprint density at radius 1 is 1.06 bits per heavy atom. The van der Waals surface area contributed by atoms with Crippen molar-refractivity contribution in [3.63, 3.8) is 0 Å². The average molecular weight is 244 g/mol. The quantitative estimate of drug-likeness (QED) is 0.827. The fourth-order valence-electron chi connectivity index (χ4n) is 1.83. The van der Waals surface area contributed by atoms with Gasteiger partial charge in [0.2, 0.25) is 5.75 Å². The van der Waals surface area contributed by atoms with Gasteiger partial charge in [0.25, 0.3) is 5.88 Å². The normalized spacial score (nSPS) is 9.89. The molecule has 5 nitrogen and oxygen atoms in total. The minimum atomic E-state index is 0.296. The number of benzene rings is 1. The van der Waals surface area contributed by atoms with Crippen LogP contribution in [-0.2, 0) is 0 Å². The van der Waals surface area contributed by atoms with Crippen LogP contribution < -0.4 is 14.2 Å². The van der Waals surface area contributed by atoms with Gasteiger partial charge in [-0.05, 0) is 12.1 Å². The Labute approximate surface area is 105 Å². The van der Waals surface area contributed by atoms with Crippen LogP contribution in [0.25, 0.3) is 10.9 Å². The Hall–Kier alpha value is -2.48. The molecular weight excluding hydrogens is 232 g/mol. The highest BCUT2D eigenvalue weighted by molar-refractivity contribution is 5.92. The molecule has 18 heavy (non-hydrogen) atoms. The topological polar surface area (TPSA) is 64.4 Å². The summed E-state index contributed by atoms with van der Waals surface area (Å²) >= 11 is 0. The molecule has 0 aliphatic heterocycles. The molecule has 0 saturated heterocycles. The molecule has 92 valence electrons. The van der Waals surface area contributed by atoms with Crippen molar-refractivity contribution in [2.75, 3.05) is 21.3 Å². The fourth-order valence-corrected chi connectivity index (χ4v) is 1.83. The first kappa shape index (κ1) is 12.0. The largest absolute Gasteiger partial charge is 0.492 e. The lowest BCUT2D eigenvalue weighted by Gasteiger charge is -2.13. The van der Waals surface area contributed by atoms with Crippen LogP contribution in [0.4, 0.5) is 0 Å². The predicted octanol–water partition coefficient (Wildman–Crippen LogP) is 2.13. The van der Waals surface area contributed by atoms with E-state index in [9.17, 15) is 0 Å². The van der Waals surface area contributed by atoms with Crippen molar-refractivity contribution in [3.05, 3.63) is 23.8 Å². The van der Waals surface area contributed by atoms with Crippen LogP contribution in [0.3, 0.4) is 0 Å². The number of hydrogen-bond acceptors (Lipinski definition) is 5. The lowest BCUT2D eigenvalue weighted by molar-refractivity contribution is 0.319. The van der Waals surface area contributed by atoms with E-state index < -0.39 is 0 Å². The molecule has 0 atom stereocenters. The predicted molar refractivity (Wildman–Crippen MR) is 66.1 cm³/mol. The second-order valence-electron chi connectivity index (χ2n) is 3.50. The van der Waals surface area contributed by atoms with Crippen molar-refractivity contribution in [2.45, 2.75) is 0 Å². The summed E-state index contributed by atoms with van der Waals surface area (Å²) < 4.78 is 15.7. The zero-order valence-electron chi connectivity index (χ0n) is 10.4. The number of ether oxygens (including phenoxy) is 3. The molecule has 0 aliphatic rings. The van der Waals surface area contributed by atoms with Gasteiger partial charge in [0.15, 0.2) is 5.75 Å². The summed E-state index contributed by atoms with van der Waals surface area (Å²) in [4.78, 5) is 4.29. The summed E-state index contributed by atoms with van der Waals surface area (Å²) in [5.41, 5.74) is 1.00. The van der Waals surface area contributed by atoms with E-state index >= 15 is 0 Å². The van der Waals surface area contributed by atoms with Crippen LogP contribution in [0.1, 0.15) is 5.56 Å². The standard InChI is InChI=1S/C13H12N2O3/c1-16-11-9-6-4-5-8(7-14)10(9)15-13(18-3)12(11)17-2/h4-6H,1-3H3. The second kappa shape index (κ2) is 4.80. The molecule has 1 aromatic heterocycles. The monoisotopic (exact) mass is 244 g/mol. The summed E-state index contributed by atoms with van der Waals surface area (Å²) in [6, 6.07) is 7.39. The molecular formula is C13H12N2O3. The van der Waals surface area contributed by atoms with Gasteiger partial charge >= 0.3 is 0 Å². The number of para-hydroxylation sites is 1. The van der Waals surface area contributed by atoms with Gasteiger partial charge in [-0.25, -0.2) is 4.98 Å². The van der Waals surface area contributed by atoms with Crippen molar-refractivity contribution < 1.29 is 14.2 Å². The molecule has 2 aromatic rings. The highest BCUT2D eigenvalue weighted by atomic mass is 16.5. The maximum absolute atomic E-state index is 9.09. The number of pyridine rings is 1. The number of fused-ring (bicyclic) bond motifs is 1. The van der Waals surface area contributed by atoms with Gasteiger partial charge < -0.3 is 14.2 Å². The number of methoxy groups -OCH3 is 3. The fraction of sp³-hybridized carbons (Fsp3) is 0.231. The third kappa shape index (κ3) is 1.68. The number of hydrogen-bond donors (Lipinski definition) is 0. The van der Waals surface area contributed by atoms with Crippen LogP contribution in [0, 0.1) is 11.3 Å². The van der Waals surface area contributed by atoms with Gasteiger partial charge in [-0.15, -0.1) is 0 Å². The van der Waals surface area contributed by atoms with Crippen molar-refractivity contribution in [1.82, 2.24) is 4.98 Å². The van der Waals surface area contributed by atoms with E-state index in [4.69, 9.17) is 19.5 Å². The summed E-state index contributed by atoms with van der Waals surface area (Å²) in [5.74, 6) is 1.23. The smallest absolute Gasteiger partial charge is 0.261 e.